The van der Waals surface area contributed by atoms with Gasteiger partial charge in [0.25, 0.3) is 0 Å². The maximum atomic E-state index is 13.1. The summed E-state index contributed by atoms with van der Waals surface area (Å²) in [5.41, 5.74) is 1.15. The van der Waals surface area contributed by atoms with Crippen LogP contribution < -0.4 is 14.8 Å². The number of pyridine rings is 1. The van der Waals surface area contributed by atoms with Crippen molar-refractivity contribution in [2.75, 3.05) is 16.6 Å². The van der Waals surface area contributed by atoms with Crippen molar-refractivity contribution in [2.24, 2.45) is 0 Å². The molecule has 4 rings (SSSR count). The molecule has 1 fully saturated rings. The van der Waals surface area contributed by atoms with E-state index in [9.17, 15) is 13.2 Å². The lowest BCUT2D eigenvalue weighted by molar-refractivity contribution is -0.120. The third-order valence-corrected chi connectivity index (χ3v) is 7.28. The third-order valence-electron chi connectivity index (χ3n) is 5.46. The van der Waals surface area contributed by atoms with Crippen LogP contribution in [-0.2, 0) is 20.2 Å². The van der Waals surface area contributed by atoms with E-state index in [-0.39, 0.29) is 11.9 Å². The summed E-state index contributed by atoms with van der Waals surface area (Å²) in [6.45, 7) is 7.47. The van der Waals surface area contributed by atoms with E-state index in [1.54, 1.807) is 51.4 Å². The first-order valence-corrected chi connectivity index (χ1v) is 12.7. The van der Waals surface area contributed by atoms with Crippen molar-refractivity contribution >= 4 is 27.7 Å². The number of amides is 1. The number of sulfonamides is 1. The fraction of sp³-hybridized carbons (Fsp3) is 0.391. The van der Waals surface area contributed by atoms with E-state index in [4.69, 9.17) is 4.74 Å². The van der Waals surface area contributed by atoms with E-state index in [1.165, 1.54) is 6.20 Å². The van der Waals surface area contributed by atoms with Gasteiger partial charge >= 0.3 is 0 Å². The molecule has 0 bridgehead atoms. The van der Waals surface area contributed by atoms with Gasteiger partial charge in [-0.3, -0.25) is 14.5 Å². The molecule has 3 aromatic rings. The molecule has 11 nitrogen and oxygen atoms in total. The predicted molar refractivity (Wildman–Crippen MR) is 130 cm³/mol. The summed E-state index contributed by atoms with van der Waals surface area (Å²) in [4.78, 5) is 34.5. The lowest BCUT2D eigenvalue weighted by Gasteiger charge is -2.23. The zero-order chi connectivity index (χ0) is 25.2. The second-order valence-corrected chi connectivity index (χ2v) is 10.7. The summed E-state index contributed by atoms with van der Waals surface area (Å²) in [7, 11) is -3.52. The standard InChI is InChI=1S/C23H27N7O4S/c1-5-34-20-13-24-12-17(27-20)15-6-9-19(25-11-15)29-21(31)23(3,4)18-10-14(2)26-22(28-18)30-35(32,33)16-7-8-16/h6,9-13,16H,5,7-8H2,1-4H3,(H,25,29,31)(H,26,28,30). The van der Waals surface area contributed by atoms with Crippen molar-refractivity contribution in [3.05, 3.63) is 48.2 Å². The van der Waals surface area contributed by atoms with Gasteiger partial charge in [0.2, 0.25) is 27.8 Å². The van der Waals surface area contributed by atoms with Crippen LogP contribution in [0.4, 0.5) is 11.8 Å². The average Bonchev–Trinajstić information content (AvgIpc) is 3.66. The number of hydrogen-bond acceptors (Lipinski definition) is 9. The predicted octanol–water partition coefficient (Wildman–Crippen LogP) is 2.86. The van der Waals surface area contributed by atoms with Gasteiger partial charge in [-0.15, -0.1) is 0 Å². The third kappa shape index (κ3) is 5.70. The molecule has 35 heavy (non-hydrogen) atoms. The first kappa shape index (κ1) is 24.5. The molecule has 12 heteroatoms. The number of nitrogens with zero attached hydrogens (tertiary/aromatic N) is 5. The Hall–Kier alpha value is -3.67. The van der Waals surface area contributed by atoms with E-state index >= 15 is 0 Å². The van der Waals surface area contributed by atoms with E-state index in [0.717, 1.165) is 5.56 Å². The van der Waals surface area contributed by atoms with Crippen LogP contribution in [0.2, 0.25) is 0 Å². The number of carbonyl (C=O) groups excluding carboxylic acids is 1. The van der Waals surface area contributed by atoms with Crippen LogP contribution in [0, 0.1) is 6.92 Å². The minimum Gasteiger partial charge on any atom is -0.477 e. The van der Waals surface area contributed by atoms with Crippen molar-refractivity contribution in [1.29, 1.82) is 0 Å². The topological polar surface area (TPSA) is 149 Å². The van der Waals surface area contributed by atoms with Gasteiger partial charge in [0.15, 0.2) is 0 Å². The van der Waals surface area contributed by atoms with Crippen LogP contribution in [0.5, 0.6) is 5.88 Å². The van der Waals surface area contributed by atoms with E-state index in [0.29, 0.717) is 48.2 Å². The van der Waals surface area contributed by atoms with Crippen molar-refractivity contribution in [3.8, 4) is 17.1 Å². The van der Waals surface area contributed by atoms with Crippen molar-refractivity contribution < 1.29 is 17.9 Å². The van der Waals surface area contributed by atoms with Gasteiger partial charge < -0.3 is 10.1 Å². The van der Waals surface area contributed by atoms with Gasteiger partial charge in [-0.05, 0) is 58.7 Å². The van der Waals surface area contributed by atoms with Crippen LogP contribution in [0.3, 0.4) is 0 Å². The highest BCUT2D eigenvalue weighted by Gasteiger charge is 2.37. The Morgan fingerprint density at radius 1 is 1.14 bits per heavy atom. The number of aromatic nitrogens is 5. The molecule has 1 amide bonds. The second-order valence-electron chi connectivity index (χ2n) is 8.75. The largest absolute Gasteiger partial charge is 0.477 e. The maximum Gasteiger partial charge on any atom is 0.237 e. The fourth-order valence-corrected chi connectivity index (χ4v) is 4.51. The summed E-state index contributed by atoms with van der Waals surface area (Å²) in [6.07, 6.45) is 5.97. The molecule has 0 radical (unpaired) electrons. The molecule has 0 spiro atoms. The van der Waals surface area contributed by atoms with Gasteiger partial charge in [-0.2, -0.15) is 0 Å². The minimum absolute atomic E-state index is 0.0364. The molecule has 1 aliphatic rings. The highest BCUT2D eigenvalue weighted by atomic mass is 32.2. The van der Waals surface area contributed by atoms with Crippen LogP contribution in [0.25, 0.3) is 11.3 Å². The van der Waals surface area contributed by atoms with E-state index < -0.39 is 20.7 Å². The number of rotatable bonds is 9. The van der Waals surface area contributed by atoms with Crippen molar-refractivity contribution in [3.63, 3.8) is 0 Å². The van der Waals surface area contributed by atoms with E-state index in [1.807, 2.05) is 6.92 Å². The second kappa shape index (κ2) is 9.53. The molecule has 0 aromatic carbocycles. The quantitative estimate of drug-likeness (QED) is 0.455. The smallest absolute Gasteiger partial charge is 0.237 e. The van der Waals surface area contributed by atoms with Gasteiger partial charge in [0.1, 0.15) is 5.82 Å². The fourth-order valence-electron chi connectivity index (χ4n) is 3.24. The monoisotopic (exact) mass is 497 g/mol. The molecule has 1 aliphatic carbocycles. The highest BCUT2D eigenvalue weighted by Crippen LogP contribution is 2.30. The average molecular weight is 498 g/mol. The Labute approximate surface area is 203 Å². The van der Waals surface area contributed by atoms with Crippen LogP contribution in [0.15, 0.2) is 36.8 Å². The molecule has 0 atom stereocenters. The molecular formula is C23H27N7O4S. The maximum absolute atomic E-state index is 13.1. The molecular weight excluding hydrogens is 470 g/mol. The minimum atomic E-state index is -3.52. The Morgan fingerprint density at radius 3 is 2.57 bits per heavy atom. The zero-order valence-corrected chi connectivity index (χ0v) is 20.8. The normalized spacial score (nSPS) is 13.8. The SMILES string of the molecule is CCOc1cncc(-c2ccc(NC(=O)C(C)(C)c3cc(C)nc(NS(=O)(=O)C4CC4)n3)nc2)n1. The summed E-state index contributed by atoms with van der Waals surface area (Å²) < 4.78 is 32.4. The number of anilines is 2. The number of carbonyl (C=O) groups is 1. The molecule has 1 saturated carbocycles. The molecule has 0 aliphatic heterocycles. The molecule has 0 saturated heterocycles. The Morgan fingerprint density at radius 2 is 1.91 bits per heavy atom. The first-order chi connectivity index (χ1) is 16.6. The van der Waals surface area contributed by atoms with Gasteiger partial charge in [-0.25, -0.2) is 28.4 Å². The summed E-state index contributed by atoms with van der Waals surface area (Å²) >= 11 is 0. The Bertz CT molecular complexity index is 1340. The van der Waals surface area contributed by atoms with Crippen LogP contribution >= 0.6 is 0 Å². The number of ether oxygens (including phenoxy) is 1. The number of nitrogens with one attached hydrogen (secondary N) is 2. The highest BCUT2D eigenvalue weighted by molar-refractivity contribution is 7.93. The molecule has 0 unspecified atom stereocenters. The molecule has 3 heterocycles. The van der Waals surface area contributed by atoms with Crippen LogP contribution in [0.1, 0.15) is 45.0 Å². The number of aryl methyl sites for hydroxylation is 1. The van der Waals surface area contributed by atoms with E-state index in [2.05, 4.69) is 35.0 Å². The van der Waals surface area contributed by atoms with Crippen molar-refractivity contribution in [2.45, 2.75) is 51.2 Å². The van der Waals surface area contributed by atoms with Crippen molar-refractivity contribution in [1.82, 2.24) is 24.9 Å². The van der Waals surface area contributed by atoms with Crippen LogP contribution in [-0.4, -0.2) is 51.1 Å². The lowest BCUT2D eigenvalue weighted by atomic mass is 9.87. The van der Waals surface area contributed by atoms with Gasteiger partial charge in [-0.1, -0.05) is 0 Å². The van der Waals surface area contributed by atoms with Gasteiger partial charge in [0, 0.05) is 17.5 Å². The summed E-state index contributed by atoms with van der Waals surface area (Å²) in [5, 5.41) is 2.39. The zero-order valence-electron chi connectivity index (χ0n) is 19.9. The summed E-state index contributed by atoms with van der Waals surface area (Å²) in [6, 6.07) is 5.10. The lowest BCUT2D eigenvalue weighted by Crippen LogP contribution is -2.36. The first-order valence-electron chi connectivity index (χ1n) is 11.2. The number of hydrogen-bond donors (Lipinski definition) is 2. The Kier molecular flexibility index (Phi) is 6.66. The Balaban J connectivity index is 1.50. The molecule has 2 N–H and O–H groups in total. The van der Waals surface area contributed by atoms with Gasteiger partial charge in [0.05, 0.1) is 41.1 Å². The molecule has 3 aromatic heterocycles. The summed E-state index contributed by atoms with van der Waals surface area (Å²) in [5.74, 6) is 0.375. The molecule has 184 valence electrons.